The van der Waals surface area contributed by atoms with E-state index in [0.29, 0.717) is 0 Å². The van der Waals surface area contributed by atoms with Crippen LogP contribution in [0.3, 0.4) is 0 Å². The van der Waals surface area contributed by atoms with E-state index in [1.807, 2.05) is 24.3 Å². The highest BCUT2D eigenvalue weighted by atomic mass is 127. The van der Waals surface area contributed by atoms with Crippen LogP contribution in [0.4, 0.5) is 10.1 Å². The molecule has 3 heteroatoms. The molecular formula is C13H9FIN. The zero-order valence-electron chi connectivity index (χ0n) is 8.40. The van der Waals surface area contributed by atoms with Crippen LogP contribution in [0.1, 0.15) is 5.56 Å². The summed E-state index contributed by atoms with van der Waals surface area (Å²) in [6.45, 7) is 0. The topological polar surface area (TPSA) is 12.4 Å². The van der Waals surface area contributed by atoms with E-state index in [1.165, 1.54) is 12.1 Å². The number of hydrogen-bond donors (Lipinski definition) is 0. The Balaban J connectivity index is 2.21. The van der Waals surface area contributed by atoms with Gasteiger partial charge in [0.15, 0.2) is 0 Å². The van der Waals surface area contributed by atoms with Gasteiger partial charge in [0.25, 0.3) is 0 Å². The number of halogens is 2. The Morgan fingerprint density at radius 1 is 1.00 bits per heavy atom. The van der Waals surface area contributed by atoms with E-state index >= 15 is 0 Å². The van der Waals surface area contributed by atoms with Crippen LogP contribution in [0.2, 0.25) is 0 Å². The maximum Gasteiger partial charge on any atom is 0.123 e. The van der Waals surface area contributed by atoms with Crippen LogP contribution in [0.25, 0.3) is 0 Å². The number of aliphatic imine (C=N–C) groups is 1. The van der Waals surface area contributed by atoms with Gasteiger partial charge in [-0.3, -0.25) is 4.99 Å². The minimum absolute atomic E-state index is 0.242. The second-order valence-corrected chi connectivity index (χ2v) is 4.42. The molecular weight excluding hydrogens is 316 g/mol. The molecule has 0 unspecified atom stereocenters. The van der Waals surface area contributed by atoms with Gasteiger partial charge < -0.3 is 0 Å². The van der Waals surface area contributed by atoms with Crippen molar-refractivity contribution in [2.45, 2.75) is 0 Å². The van der Waals surface area contributed by atoms with E-state index in [9.17, 15) is 4.39 Å². The normalized spacial score (nSPS) is 10.9. The molecule has 0 atom stereocenters. The summed E-state index contributed by atoms with van der Waals surface area (Å²) >= 11 is 2.26. The van der Waals surface area contributed by atoms with Crippen molar-refractivity contribution < 1.29 is 4.39 Å². The minimum Gasteiger partial charge on any atom is -0.256 e. The maximum atomic E-state index is 12.7. The lowest BCUT2D eigenvalue weighted by Crippen LogP contribution is -1.84. The third kappa shape index (κ3) is 2.88. The minimum atomic E-state index is -0.242. The molecule has 0 fully saturated rings. The van der Waals surface area contributed by atoms with Crippen molar-refractivity contribution in [1.82, 2.24) is 0 Å². The number of nitrogens with zero attached hydrogens (tertiary/aromatic N) is 1. The molecule has 0 bridgehead atoms. The Morgan fingerprint density at radius 3 is 2.38 bits per heavy atom. The molecule has 2 rings (SSSR count). The molecule has 0 heterocycles. The van der Waals surface area contributed by atoms with E-state index < -0.39 is 0 Å². The first-order valence-electron chi connectivity index (χ1n) is 4.80. The zero-order chi connectivity index (χ0) is 11.4. The van der Waals surface area contributed by atoms with Crippen LogP contribution in [0.5, 0.6) is 0 Å². The molecule has 0 aliphatic rings. The molecule has 0 N–H and O–H groups in total. The number of hydrogen-bond acceptors (Lipinski definition) is 1. The van der Waals surface area contributed by atoms with Gasteiger partial charge >= 0.3 is 0 Å². The fourth-order valence-electron chi connectivity index (χ4n) is 1.25. The Labute approximate surface area is 107 Å². The standard InChI is InChI=1S/C13H9FIN/c14-11-5-7-12(8-6-11)16-9-10-3-1-2-4-13(10)15/h1-9H. The van der Waals surface area contributed by atoms with Crippen molar-refractivity contribution >= 4 is 34.5 Å². The summed E-state index contributed by atoms with van der Waals surface area (Å²) in [5, 5.41) is 0. The van der Waals surface area contributed by atoms with E-state index in [-0.39, 0.29) is 5.82 Å². The Hall–Kier alpha value is -1.23. The SMILES string of the molecule is Fc1ccc(N=Cc2ccccc2I)cc1. The van der Waals surface area contributed by atoms with Gasteiger partial charge in [0.05, 0.1) is 5.69 Å². The van der Waals surface area contributed by atoms with Crippen LogP contribution in [-0.4, -0.2) is 6.21 Å². The van der Waals surface area contributed by atoms with E-state index in [1.54, 1.807) is 18.3 Å². The fourth-order valence-corrected chi connectivity index (χ4v) is 1.78. The van der Waals surface area contributed by atoms with Crippen molar-refractivity contribution in [3.05, 3.63) is 63.5 Å². The largest absolute Gasteiger partial charge is 0.256 e. The number of rotatable bonds is 2. The van der Waals surface area contributed by atoms with E-state index in [0.717, 1.165) is 14.8 Å². The van der Waals surface area contributed by atoms with Gasteiger partial charge in [0.2, 0.25) is 0 Å². The predicted octanol–water partition coefficient (Wildman–Crippen LogP) is 4.18. The summed E-state index contributed by atoms with van der Waals surface area (Å²) in [7, 11) is 0. The molecule has 0 aliphatic carbocycles. The summed E-state index contributed by atoms with van der Waals surface area (Å²) in [5.41, 5.74) is 1.81. The molecule has 80 valence electrons. The van der Waals surface area contributed by atoms with Crippen LogP contribution < -0.4 is 0 Å². The quantitative estimate of drug-likeness (QED) is 0.580. The number of benzene rings is 2. The molecule has 0 saturated carbocycles. The molecule has 0 amide bonds. The molecule has 0 aliphatic heterocycles. The average Bonchev–Trinajstić information content (AvgIpc) is 2.30. The highest BCUT2D eigenvalue weighted by Gasteiger charge is 1.94. The summed E-state index contributed by atoms with van der Waals surface area (Å²) in [5.74, 6) is -0.242. The Morgan fingerprint density at radius 2 is 1.69 bits per heavy atom. The smallest absolute Gasteiger partial charge is 0.123 e. The Kier molecular flexibility index (Phi) is 3.66. The molecule has 0 saturated heterocycles. The van der Waals surface area contributed by atoms with Crippen molar-refractivity contribution in [2.24, 2.45) is 4.99 Å². The second-order valence-electron chi connectivity index (χ2n) is 3.26. The van der Waals surface area contributed by atoms with Gasteiger partial charge in [0, 0.05) is 15.3 Å². The van der Waals surface area contributed by atoms with Gasteiger partial charge in [-0.25, -0.2) is 4.39 Å². The molecule has 1 nitrogen and oxygen atoms in total. The van der Waals surface area contributed by atoms with Crippen molar-refractivity contribution in [2.75, 3.05) is 0 Å². The summed E-state index contributed by atoms with van der Waals surface area (Å²) < 4.78 is 13.8. The summed E-state index contributed by atoms with van der Waals surface area (Å²) in [4.78, 5) is 4.28. The van der Waals surface area contributed by atoms with Gasteiger partial charge in [0.1, 0.15) is 5.82 Å². The molecule has 2 aromatic carbocycles. The van der Waals surface area contributed by atoms with Crippen molar-refractivity contribution in [3.63, 3.8) is 0 Å². The monoisotopic (exact) mass is 325 g/mol. The van der Waals surface area contributed by atoms with Crippen LogP contribution in [0, 0.1) is 9.39 Å². The average molecular weight is 325 g/mol. The molecule has 0 aromatic heterocycles. The highest BCUT2D eigenvalue weighted by Crippen LogP contribution is 2.14. The predicted molar refractivity (Wildman–Crippen MR) is 72.8 cm³/mol. The summed E-state index contributed by atoms with van der Waals surface area (Å²) in [6.07, 6.45) is 1.79. The maximum absolute atomic E-state index is 12.7. The van der Waals surface area contributed by atoms with Gasteiger partial charge in [-0.2, -0.15) is 0 Å². The first-order valence-corrected chi connectivity index (χ1v) is 5.88. The lowest BCUT2D eigenvalue weighted by Gasteiger charge is -1.97. The van der Waals surface area contributed by atoms with E-state index in [2.05, 4.69) is 27.6 Å². The Bertz CT molecular complexity index is 506. The molecule has 16 heavy (non-hydrogen) atoms. The van der Waals surface area contributed by atoms with E-state index in [4.69, 9.17) is 0 Å². The van der Waals surface area contributed by atoms with Crippen molar-refractivity contribution in [3.8, 4) is 0 Å². The fraction of sp³-hybridized carbons (Fsp3) is 0. The van der Waals surface area contributed by atoms with Gasteiger partial charge in [-0.15, -0.1) is 0 Å². The molecule has 0 radical (unpaired) electrons. The summed E-state index contributed by atoms with van der Waals surface area (Å²) in [6, 6.07) is 14.1. The van der Waals surface area contributed by atoms with Gasteiger partial charge in [-0.1, -0.05) is 18.2 Å². The van der Waals surface area contributed by atoms with Crippen LogP contribution in [0.15, 0.2) is 53.5 Å². The first kappa shape index (κ1) is 11.3. The van der Waals surface area contributed by atoms with Crippen LogP contribution >= 0.6 is 22.6 Å². The zero-order valence-corrected chi connectivity index (χ0v) is 10.6. The first-order chi connectivity index (χ1) is 7.75. The van der Waals surface area contributed by atoms with Crippen molar-refractivity contribution in [1.29, 1.82) is 0 Å². The molecule has 2 aromatic rings. The third-order valence-corrected chi connectivity index (χ3v) is 3.07. The van der Waals surface area contributed by atoms with Gasteiger partial charge in [-0.05, 0) is 52.9 Å². The van der Waals surface area contributed by atoms with Crippen LogP contribution in [-0.2, 0) is 0 Å². The lowest BCUT2D eigenvalue weighted by atomic mass is 10.2. The molecule has 0 spiro atoms. The third-order valence-electron chi connectivity index (χ3n) is 2.08. The second kappa shape index (κ2) is 5.21. The highest BCUT2D eigenvalue weighted by molar-refractivity contribution is 14.1. The lowest BCUT2D eigenvalue weighted by molar-refractivity contribution is 0.628.